The maximum Gasteiger partial charge on any atom is 0.221 e. The number of benzene rings is 2. The molecule has 0 saturated carbocycles. The normalized spacial score (nSPS) is 17.7. The summed E-state index contributed by atoms with van der Waals surface area (Å²) in [4.78, 5) is 13.8. The van der Waals surface area contributed by atoms with Crippen LogP contribution in [0.2, 0.25) is 0 Å². The van der Waals surface area contributed by atoms with Gasteiger partial charge in [-0.2, -0.15) is 0 Å². The fraction of sp³-hybridized carbons (Fsp3) is 0.350. The van der Waals surface area contributed by atoms with Crippen molar-refractivity contribution in [2.75, 3.05) is 25.5 Å². The second-order valence-corrected chi connectivity index (χ2v) is 6.33. The van der Waals surface area contributed by atoms with Crippen molar-refractivity contribution in [2.24, 2.45) is 0 Å². The van der Waals surface area contributed by atoms with Gasteiger partial charge in [0.25, 0.3) is 0 Å². The Morgan fingerprint density at radius 1 is 1.21 bits per heavy atom. The SMILES string of the molecule is COc1ccc(C2CCN(Cc3ccccc3NC(C)=O)C2)cc1. The van der Waals surface area contributed by atoms with Crippen LogP contribution >= 0.6 is 0 Å². The van der Waals surface area contributed by atoms with Gasteiger partial charge in [0.05, 0.1) is 7.11 Å². The van der Waals surface area contributed by atoms with Gasteiger partial charge in [0.2, 0.25) is 5.91 Å². The van der Waals surface area contributed by atoms with Crippen LogP contribution in [0.4, 0.5) is 5.69 Å². The van der Waals surface area contributed by atoms with E-state index in [4.69, 9.17) is 4.74 Å². The third kappa shape index (κ3) is 3.95. The molecule has 1 aliphatic heterocycles. The topological polar surface area (TPSA) is 41.6 Å². The minimum Gasteiger partial charge on any atom is -0.497 e. The van der Waals surface area contributed by atoms with Gasteiger partial charge in [-0.3, -0.25) is 9.69 Å². The number of likely N-dealkylation sites (tertiary alicyclic amines) is 1. The van der Waals surface area contributed by atoms with Gasteiger partial charge in [0.15, 0.2) is 0 Å². The number of ether oxygens (including phenoxy) is 1. The van der Waals surface area contributed by atoms with E-state index < -0.39 is 0 Å². The second kappa shape index (κ2) is 7.49. The number of amides is 1. The lowest BCUT2D eigenvalue weighted by molar-refractivity contribution is -0.114. The average Bonchev–Trinajstić information content (AvgIpc) is 3.05. The van der Waals surface area contributed by atoms with Gasteiger partial charge in [0.1, 0.15) is 5.75 Å². The Kier molecular flexibility index (Phi) is 5.16. The molecule has 1 aliphatic rings. The lowest BCUT2D eigenvalue weighted by Gasteiger charge is -2.18. The summed E-state index contributed by atoms with van der Waals surface area (Å²) in [5, 5.41) is 2.92. The predicted octanol–water partition coefficient (Wildman–Crippen LogP) is 3.64. The molecule has 24 heavy (non-hydrogen) atoms. The molecular formula is C20H24N2O2. The Morgan fingerprint density at radius 3 is 2.67 bits per heavy atom. The van der Waals surface area contributed by atoms with Crippen molar-refractivity contribution in [3.63, 3.8) is 0 Å². The van der Waals surface area contributed by atoms with E-state index in [2.05, 4.69) is 28.4 Å². The monoisotopic (exact) mass is 324 g/mol. The summed E-state index contributed by atoms with van der Waals surface area (Å²) >= 11 is 0. The largest absolute Gasteiger partial charge is 0.497 e. The first-order valence-corrected chi connectivity index (χ1v) is 8.37. The van der Waals surface area contributed by atoms with Crippen molar-refractivity contribution in [2.45, 2.75) is 25.8 Å². The lowest BCUT2D eigenvalue weighted by atomic mass is 9.98. The van der Waals surface area contributed by atoms with E-state index in [0.717, 1.165) is 37.5 Å². The first kappa shape index (κ1) is 16.5. The van der Waals surface area contributed by atoms with Gasteiger partial charge in [-0.05, 0) is 48.2 Å². The first-order valence-electron chi connectivity index (χ1n) is 8.37. The van der Waals surface area contributed by atoms with Gasteiger partial charge in [0, 0.05) is 25.7 Å². The summed E-state index contributed by atoms with van der Waals surface area (Å²) in [6.07, 6.45) is 1.16. The van der Waals surface area contributed by atoms with Crippen LogP contribution in [-0.2, 0) is 11.3 Å². The smallest absolute Gasteiger partial charge is 0.221 e. The summed E-state index contributed by atoms with van der Waals surface area (Å²) in [6, 6.07) is 16.4. The summed E-state index contributed by atoms with van der Waals surface area (Å²) in [5.74, 6) is 1.43. The number of carbonyl (C=O) groups is 1. The highest BCUT2D eigenvalue weighted by atomic mass is 16.5. The number of nitrogens with one attached hydrogen (secondary N) is 1. The molecule has 2 aromatic carbocycles. The van der Waals surface area contributed by atoms with Crippen LogP contribution in [0.25, 0.3) is 0 Å². The van der Waals surface area contributed by atoms with E-state index in [9.17, 15) is 4.79 Å². The summed E-state index contributed by atoms with van der Waals surface area (Å²) in [6.45, 7) is 4.53. The molecule has 1 saturated heterocycles. The van der Waals surface area contributed by atoms with Crippen LogP contribution in [0.5, 0.6) is 5.75 Å². The predicted molar refractivity (Wildman–Crippen MR) is 96.4 cm³/mol. The molecule has 1 atom stereocenters. The van der Waals surface area contributed by atoms with Crippen molar-refractivity contribution in [1.82, 2.24) is 4.90 Å². The first-order chi connectivity index (χ1) is 11.7. The zero-order valence-electron chi connectivity index (χ0n) is 14.3. The zero-order chi connectivity index (χ0) is 16.9. The molecule has 1 unspecified atom stereocenters. The molecule has 1 amide bonds. The number of carbonyl (C=O) groups excluding carboxylic acids is 1. The molecular weight excluding hydrogens is 300 g/mol. The molecule has 126 valence electrons. The number of methoxy groups -OCH3 is 1. The molecule has 0 bridgehead atoms. The second-order valence-electron chi connectivity index (χ2n) is 6.33. The molecule has 4 nitrogen and oxygen atoms in total. The molecule has 4 heteroatoms. The highest BCUT2D eigenvalue weighted by Crippen LogP contribution is 2.30. The summed E-state index contributed by atoms with van der Waals surface area (Å²) in [5.41, 5.74) is 3.45. The Balaban J connectivity index is 1.65. The van der Waals surface area contributed by atoms with Crippen LogP contribution < -0.4 is 10.1 Å². The molecule has 0 spiro atoms. The van der Waals surface area contributed by atoms with Gasteiger partial charge in [-0.15, -0.1) is 0 Å². The molecule has 2 aromatic rings. The van der Waals surface area contributed by atoms with Crippen LogP contribution in [-0.4, -0.2) is 31.0 Å². The van der Waals surface area contributed by atoms with Crippen LogP contribution in [0.3, 0.4) is 0 Å². The van der Waals surface area contributed by atoms with Crippen molar-refractivity contribution in [3.05, 3.63) is 59.7 Å². The van der Waals surface area contributed by atoms with Gasteiger partial charge in [-0.25, -0.2) is 0 Å². The Hall–Kier alpha value is -2.33. The van der Waals surface area contributed by atoms with Crippen molar-refractivity contribution in [1.29, 1.82) is 0 Å². The number of rotatable bonds is 5. The third-order valence-corrected chi connectivity index (χ3v) is 4.58. The Bertz CT molecular complexity index is 697. The molecule has 1 heterocycles. The third-order valence-electron chi connectivity index (χ3n) is 4.58. The number of hydrogen-bond donors (Lipinski definition) is 1. The van der Waals surface area contributed by atoms with E-state index in [1.165, 1.54) is 11.1 Å². The van der Waals surface area contributed by atoms with Crippen molar-refractivity contribution < 1.29 is 9.53 Å². The zero-order valence-corrected chi connectivity index (χ0v) is 14.3. The van der Waals surface area contributed by atoms with E-state index in [0.29, 0.717) is 5.92 Å². The van der Waals surface area contributed by atoms with Crippen molar-refractivity contribution >= 4 is 11.6 Å². The Morgan fingerprint density at radius 2 is 1.96 bits per heavy atom. The standard InChI is InChI=1S/C20H24N2O2/c1-15(23)21-20-6-4-3-5-18(20)14-22-12-11-17(13-22)16-7-9-19(24-2)10-8-16/h3-10,17H,11-14H2,1-2H3,(H,21,23). The van der Waals surface area contributed by atoms with E-state index in [-0.39, 0.29) is 5.91 Å². The number of nitrogens with zero attached hydrogens (tertiary/aromatic N) is 1. The fourth-order valence-electron chi connectivity index (χ4n) is 3.34. The number of anilines is 1. The molecule has 1 N–H and O–H groups in total. The molecule has 1 fully saturated rings. The Labute approximate surface area is 143 Å². The number of para-hydroxylation sites is 1. The maximum absolute atomic E-state index is 11.4. The summed E-state index contributed by atoms with van der Waals surface area (Å²) < 4.78 is 5.23. The van der Waals surface area contributed by atoms with Gasteiger partial charge >= 0.3 is 0 Å². The van der Waals surface area contributed by atoms with Gasteiger partial charge < -0.3 is 10.1 Å². The van der Waals surface area contributed by atoms with Crippen LogP contribution in [0.15, 0.2) is 48.5 Å². The van der Waals surface area contributed by atoms with E-state index >= 15 is 0 Å². The number of hydrogen-bond acceptors (Lipinski definition) is 3. The molecule has 0 radical (unpaired) electrons. The molecule has 0 aliphatic carbocycles. The maximum atomic E-state index is 11.4. The summed E-state index contributed by atoms with van der Waals surface area (Å²) in [7, 11) is 1.69. The van der Waals surface area contributed by atoms with Crippen LogP contribution in [0, 0.1) is 0 Å². The quantitative estimate of drug-likeness (QED) is 0.913. The highest BCUT2D eigenvalue weighted by molar-refractivity contribution is 5.89. The van der Waals surface area contributed by atoms with Gasteiger partial charge in [-0.1, -0.05) is 30.3 Å². The highest BCUT2D eigenvalue weighted by Gasteiger charge is 2.24. The molecule has 0 aromatic heterocycles. The van der Waals surface area contributed by atoms with E-state index in [1.54, 1.807) is 14.0 Å². The minimum absolute atomic E-state index is 0.0278. The lowest BCUT2D eigenvalue weighted by Crippen LogP contribution is -2.21. The average molecular weight is 324 g/mol. The fourth-order valence-corrected chi connectivity index (χ4v) is 3.34. The van der Waals surface area contributed by atoms with Crippen molar-refractivity contribution in [3.8, 4) is 5.75 Å². The minimum atomic E-state index is -0.0278. The molecule has 3 rings (SSSR count). The van der Waals surface area contributed by atoms with E-state index in [1.807, 2.05) is 30.3 Å². The van der Waals surface area contributed by atoms with Crippen LogP contribution in [0.1, 0.15) is 30.4 Å².